The molecular weight excluding hydrogens is 333 g/mol. The number of guanidine groups is 1. The number of nitrogens with two attached hydrogens (primary N) is 1. The molecular formula is C20H28FN3O2. The third-order valence-electron chi connectivity index (χ3n) is 6.16. The summed E-state index contributed by atoms with van der Waals surface area (Å²) in [5, 5.41) is 0. The molecule has 2 heterocycles. The molecule has 1 aromatic carbocycles. The number of halogens is 1. The highest BCUT2D eigenvalue weighted by atomic mass is 19.1. The van der Waals surface area contributed by atoms with E-state index in [9.17, 15) is 9.18 Å². The van der Waals surface area contributed by atoms with Gasteiger partial charge in [-0.1, -0.05) is 12.1 Å². The van der Waals surface area contributed by atoms with E-state index >= 15 is 0 Å². The fraction of sp³-hybridized carbons (Fsp3) is 0.600. The zero-order chi connectivity index (χ0) is 19.1. The summed E-state index contributed by atoms with van der Waals surface area (Å²) in [6.45, 7) is 6.95. The number of hydrogen-bond acceptors (Lipinski definition) is 4. The summed E-state index contributed by atoms with van der Waals surface area (Å²) in [6.07, 6.45) is 2.91. The Morgan fingerprint density at radius 1 is 1.31 bits per heavy atom. The first kappa shape index (κ1) is 18.8. The van der Waals surface area contributed by atoms with Gasteiger partial charge in [-0.15, -0.1) is 0 Å². The number of aliphatic imine (C=N–C) groups is 1. The first-order valence-corrected chi connectivity index (χ1v) is 9.17. The first-order chi connectivity index (χ1) is 12.2. The normalized spacial score (nSPS) is 26.7. The molecule has 26 heavy (non-hydrogen) atoms. The lowest BCUT2D eigenvalue weighted by atomic mass is 9.67. The molecule has 6 heteroatoms. The SMILES string of the molecule is CN1C(=O)C(C)(C)[C@@](C)(c2cc(CC3CCOCC3)ccc2F)N=C1N. The molecule has 5 nitrogen and oxygen atoms in total. The van der Waals surface area contributed by atoms with E-state index in [1.165, 1.54) is 11.0 Å². The molecule has 1 fully saturated rings. The van der Waals surface area contributed by atoms with Gasteiger partial charge in [0.1, 0.15) is 11.4 Å². The third kappa shape index (κ3) is 3.00. The maximum Gasteiger partial charge on any atom is 0.237 e. The largest absolute Gasteiger partial charge is 0.381 e. The molecule has 0 unspecified atom stereocenters. The van der Waals surface area contributed by atoms with Crippen LogP contribution in [0.3, 0.4) is 0 Å². The highest BCUT2D eigenvalue weighted by molar-refractivity contribution is 6.01. The van der Waals surface area contributed by atoms with Crippen molar-refractivity contribution in [3.63, 3.8) is 0 Å². The van der Waals surface area contributed by atoms with Gasteiger partial charge in [0.25, 0.3) is 0 Å². The van der Waals surface area contributed by atoms with Crippen LogP contribution in [0.1, 0.15) is 44.7 Å². The number of nitrogens with zero attached hydrogens (tertiary/aromatic N) is 2. The first-order valence-electron chi connectivity index (χ1n) is 9.17. The fourth-order valence-corrected chi connectivity index (χ4v) is 3.93. The maximum atomic E-state index is 14.8. The Hall–Kier alpha value is -1.95. The summed E-state index contributed by atoms with van der Waals surface area (Å²) in [5.41, 5.74) is 5.47. The van der Waals surface area contributed by atoms with Crippen LogP contribution in [0.25, 0.3) is 0 Å². The zero-order valence-corrected chi connectivity index (χ0v) is 16.0. The lowest BCUT2D eigenvalue weighted by Gasteiger charge is -2.46. The fourth-order valence-electron chi connectivity index (χ4n) is 3.93. The van der Waals surface area contributed by atoms with Crippen LogP contribution in [0.2, 0.25) is 0 Å². The quantitative estimate of drug-likeness (QED) is 0.900. The number of carbonyl (C=O) groups is 1. The van der Waals surface area contributed by atoms with E-state index < -0.39 is 11.0 Å². The maximum absolute atomic E-state index is 14.8. The summed E-state index contributed by atoms with van der Waals surface area (Å²) in [6, 6.07) is 5.18. The Morgan fingerprint density at radius 2 is 1.96 bits per heavy atom. The molecule has 1 amide bonds. The smallest absolute Gasteiger partial charge is 0.237 e. The second kappa shape index (κ2) is 6.65. The Labute approximate surface area is 154 Å². The zero-order valence-electron chi connectivity index (χ0n) is 16.0. The summed E-state index contributed by atoms with van der Waals surface area (Å²) < 4.78 is 20.2. The number of ether oxygens (including phenoxy) is 1. The van der Waals surface area contributed by atoms with Crippen LogP contribution in [-0.4, -0.2) is 37.0 Å². The van der Waals surface area contributed by atoms with Crippen molar-refractivity contribution >= 4 is 11.9 Å². The van der Waals surface area contributed by atoms with Gasteiger partial charge in [0, 0.05) is 25.8 Å². The molecule has 0 aromatic heterocycles. The summed E-state index contributed by atoms with van der Waals surface area (Å²) in [4.78, 5) is 18.7. The van der Waals surface area contributed by atoms with Crippen molar-refractivity contribution in [2.45, 2.75) is 45.6 Å². The van der Waals surface area contributed by atoms with Gasteiger partial charge in [0.15, 0.2) is 5.96 Å². The van der Waals surface area contributed by atoms with Crippen LogP contribution in [-0.2, 0) is 21.5 Å². The molecule has 1 atom stereocenters. The Morgan fingerprint density at radius 3 is 2.62 bits per heavy atom. The predicted octanol–water partition coefficient (Wildman–Crippen LogP) is 2.82. The van der Waals surface area contributed by atoms with Gasteiger partial charge in [0.05, 0.1) is 5.41 Å². The van der Waals surface area contributed by atoms with Crippen LogP contribution >= 0.6 is 0 Å². The number of rotatable bonds is 3. The van der Waals surface area contributed by atoms with Crippen molar-refractivity contribution in [3.8, 4) is 0 Å². The van der Waals surface area contributed by atoms with Crippen LogP contribution in [0.4, 0.5) is 4.39 Å². The molecule has 0 spiro atoms. The average Bonchev–Trinajstić information content (AvgIpc) is 2.61. The minimum absolute atomic E-state index is 0.117. The molecule has 2 N–H and O–H groups in total. The highest BCUT2D eigenvalue weighted by Crippen LogP contribution is 2.47. The van der Waals surface area contributed by atoms with Gasteiger partial charge in [-0.25, -0.2) is 9.38 Å². The van der Waals surface area contributed by atoms with Crippen molar-refractivity contribution in [1.82, 2.24) is 4.90 Å². The Bertz CT molecular complexity index is 741. The molecule has 142 valence electrons. The lowest BCUT2D eigenvalue weighted by molar-refractivity contribution is -0.140. The highest BCUT2D eigenvalue weighted by Gasteiger charge is 2.53. The van der Waals surface area contributed by atoms with E-state index in [1.807, 2.05) is 12.1 Å². The molecule has 2 aliphatic heterocycles. The molecule has 0 bridgehead atoms. The number of carbonyl (C=O) groups excluding carboxylic acids is 1. The van der Waals surface area contributed by atoms with Crippen molar-refractivity contribution in [2.75, 3.05) is 20.3 Å². The average molecular weight is 361 g/mol. The molecule has 2 aliphatic rings. The number of benzene rings is 1. The van der Waals surface area contributed by atoms with Gasteiger partial charge in [-0.3, -0.25) is 9.69 Å². The van der Waals surface area contributed by atoms with E-state index in [0.29, 0.717) is 11.5 Å². The second-order valence-electron chi connectivity index (χ2n) is 8.11. The molecule has 0 saturated carbocycles. The minimum atomic E-state index is -1.06. The van der Waals surface area contributed by atoms with Gasteiger partial charge in [-0.2, -0.15) is 0 Å². The third-order valence-corrected chi connectivity index (χ3v) is 6.16. The monoisotopic (exact) mass is 361 g/mol. The van der Waals surface area contributed by atoms with Gasteiger partial charge >= 0.3 is 0 Å². The van der Waals surface area contributed by atoms with E-state index in [4.69, 9.17) is 10.5 Å². The van der Waals surface area contributed by atoms with Crippen molar-refractivity contribution in [1.29, 1.82) is 0 Å². The molecule has 3 rings (SSSR count). The Kier molecular flexibility index (Phi) is 4.82. The molecule has 0 radical (unpaired) electrons. The van der Waals surface area contributed by atoms with Gasteiger partial charge in [0.2, 0.25) is 5.91 Å². The topological polar surface area (TPSA) is 67.9 Å². The van der Waals surface area contributed by atoms with Crippen molar-refractivity contribution in [3.05, 3.63) is 35.1 Å². The van der Waals surface area contributed by atoms with E-state index in [1.54, 1.807) is 27.8 Å². The Balaban J connectivity index is 2.01. The van der Waals surface area contributed by atoms with Crippen molar-refractivity contribution in [2.24, 2.45) is 22.1 Å². The van der Waals surface area contributed by atoms with Crippen LogP contribution < -0.4 is 5.73 Å². The second-order valence-corrected chi connectivity index (χ2v) is 8.11. The summed E-state index contributed by atoms with van der Waals surface area (Å²) >= 11 is 0. The molecule has 0 aliphatic carbocycles. The van der Waals surface area contributed by atoms with Crippen LogP contribution in [0.15, 0.2) is 23.2 Å². The molecule has 1 aromatic rings. The minimum Gasteiger partial charge on any atom is -0.381 e. The van der Waals surface area contributed by atoms with Crippen LogP contribution in [0, 0.1) is 17.2 Å². The van der Waals surface area contributed by atoms with E-state index in [0.717, 1.165) is 38.0 Å². The molecule has 1 saturated heterocycles. The van der Waals surface area contributed by atoms with Gasteiger partial charge < -0.3 is 10.5 Å². The number of hydrogen-bond donors (Lipinski definition) is 1. The summed E-state index contributed by atoms with van der Waals surface area (Å²) in [5.74, 6) is 0.133. The van der Waals surface area contributed by atoms with Crippen LogP contribution in [0.5, 0.6) is 0 Å². The van der Waals surface area contributed by atoms with Crippen molar-refractivity contribution < 1.29 is 13.9 Å². The standard InChI is InChI=1S/C20H28FN3O2/c1-19(2)17(25)24(4)18(22)23-20(19,3)15-12-14(5-6-16(15)21)11-13-7-9-26-10-8-13/h5-6,12-13H,7-11H2,1-4H3,(H2,22,23)/t20-/m1/s1. The lowest BCUT2D eigenvalue weighted by Crippen LogP contribution is -2.58. The van der Waals surface area contributed by atoms with Gasteiger partial charge in [-0.05, 0) is 57.6 Å². The number of amides is 1. The van der Waals surface area contributed by atoms with E-state index in [-0.39, 0.29) is 17.7 Å². The predicted molar refractivity (Wildman–Crippen MR) is 99.2 cm³/mol. The van der Waals surface area contributed by atoms with E-state index in [2.05, 4.69) is 4.99 Å². The summed E-state index contributed by atoms with van der Waals surface area (Å²) in [7, 11) is 1.60.